The highest BCUT2D eigenvalue weighted by Crippen LogP contribution is 2.38. The predicted molar refractivity (Wildman–Crippen MR) is 97.9 cm³/mol. The third-order valence-electron chi connectivity index (χ3n) is 4.33. The Kier molecular flexibility index (Phi) is 5.91. The van der Waals surface area contributed by atoms with Gasteiger partial charge in [-0.1, -0.05) is 20.8 Å². The van der Waals surface area contributed by atoms with Crippen LogP contribution in [0.25, 0.3) is 0 Å². The molecule has 1 unspecified atom stereocenters. The van der Waals surface area contributed by atoms with E-state index < -0.39 is 34.4 Å². The zero-order valence-electron chi connectivity index (χ0n) is 16.1. The number of rotatable bonds is 4. The van der Waals surface area contributed by atoms with E-state index in [0.29, 0.717) is 5.56 Å². The summed E-state index contributed by atoms with van der Waals surface area (Å²) >= 11 is 0. The fourth-order valence-electron chi connectivity index (χ4n) is 2.98. The Morgan fingerprint density at radius 3 is 2.50 bits per heavy atom. The molecule has 0 saturated heterocycles. The molecule has 0 radical (unpaired) electrons. The van der Waals surface area contributed by atoms with Crippen molar-refractivity contribution in [3.63, 3.8) is 0 Å². The van der Waals surface area contributed by atoms with Gasteiger partial charge in [-0.15, -0.1) is 0 Å². The number of carbonyl (C=O) groups is 3. The molecule has 2 rings (SSSR count). The van der Waals surface area contributed by atoms with Gasteiger partial charge in [0.1, 0.15) is 0 Å². The van der Waals surface area contributed by atoms with Gasteiger partial charge in [-0.2, -0.15) is 0 Å². The summed E-state index contributed by atoms with van der Waals surface area (Å²) in [5.41, 5.74) is -0.0374. The number of hydrogen-bond donors (Lipinski definition) is 2. The molecule has 0 aromatic heterocycles. The summed E-state index contributed by atoms with van der Waals surface area (Å²) in [7, 11) is 1.28. The molecule has 10 nitrogen and oxygen atoms in total. The van der Waals surface area contributed by atoms with Crippen molar-refractivity contribution in [1.82, 2.24) is 10.2 Å². The standard InChI is InChI=1S/C18H23N3O7/c1-18(2,3)9-19-15(22)16(23)20-6-5-10-7-13(28-4)12(21(26)27)8-11(10)14(20)17(24)25/h7-8,14H,5-6,9H2,1-4H3,(H,19,22)(H,24,25). The first-order chi connectivity index (χ1) is 13.0. The number of nitrogens with one attached hydrogen (secondary N) is 1. The third-order valence-corrected chi connectivity index (χ3v) is 4.33. The maximum absolute atomic E-state index is 12.6. The number of nitro groups is 1. The Balaban J connectivity index is 2.39. The second kappa shape index (κ2) is 7.83. The number of nitrogens with zero attached hydrogens (tertiary/aromatic N) is 2. The van der Waals surface area contributed by atoms with Gasteiger partial charge in [0.15, 0.2) is 11.8 Å². The van der Waals surface area contributed by atoms with Crippen LogP contribution in [0.1, 0.15) is 37.9 Å². The number of methoxy groups -OCH3 is 1. The normalized spacial score (nSPS) is 16.1. The molecule has 1 atom stereocenters. The minimum absolute atomic E-state index is 0.00724. The van der Waals surface area contributed by atoms with Crippen molar-refractivity contribution in [1.29, 1.82) is 0 Å². The molecule has 1 aromatic rings. The molecule has 0 saturated carbocycles. The first-order valence-electron chi connectivity index (χ1n) is 8.63. The summed E-state index contributed by atoms with van der Waals surface area (Å²) in [6.07, 6.45) is 0.242. The number of aliphatic carboxylic acids is 1. The highest BCUT2D eigenvalue weighted by Gasteiger charge is 2.40. The van der Waals surface area contributed by atoms with E-state index in [4.69, 9.17) is 4.74 Å². The van der Waals surface area contributed by atoms with E-state index in [1.54, 1.807) is 0 Å². The Morgan fingerprint density at radius 2 is 2.00 bits per heavy atom. The van der Waals surface area contributed by atoms with Crippen LogP contribution in [0, 0.1) is 15.5 Å². The van der Waals surface area contributed by atoms with E-state index >= 15 is 0 Å². The molecule has 1 heterocycles. The average Bonchev–Trinajstić information content (AvgIpc) is 2.62. The van der Waals surface area contributed by atoms with Crippen LogP contribution in [0.4, 0.5) is 5.69 Å². The van der Waals surface area contributed by atoms with Gasteiger partial charge in [-0.25, -0.2) is 4.79 Å². The van der Waals surface area contributed by atoms with Crippen LogP contribution in [0.5, 0.6) is 5.75 Å². The fraction of sp³-hybridized carbons (Fsp3) is 0.500. The van der Waals surface area contributed by atoms with Gasteiger partial charge in [0.25, 0.3) is 0 Å². The van der Waals surface area contributed by atoms with Gasteiger partial charge < -0.3 is 20.1 Å². The van der Waals surface area contributed by atoms with Crippen molar-refractivity contribution in [2.24, 2.45) is 5.41 Å². The van der Waals surface area contributed by atoms with Gasteiger partial charge in [0.05, 0.1) is 12.0 Å². The summed E-state index contributed by atoms with van der Waals surface area (Å²) in [6, 6.07) is 1.01. The molecule has 1 aliphatic rings. The molecule has 1 aromatic carbocycles. The molecule has 0 fully saturated rings. The van der Waals surface area contributed by atoms with Crippen LogP contribution in [0.3, 0.4) is 0 Å². The largest absolute Gasteiger partial charge is 0.490 e. The van der Waals surface area contributed by atoms with Gasteiger partial charge in [-0.05, 0) is 29.0 Å². The summed E-state index contributed by atoms with van der Waals surface area (Å²) in [4.78, 5) is 48.2. The molecular formula is C18H23N3O7. The maximum atomic E-state index is 12.6. The Hall–Kier alpha value is -3.17. The van der Waals surface area contributed by atoms with Gasteiger partial charge >= 0.3 is 23.5 Å². The number of amides is 2. The highest BCUT2D eigenvalue weighted by molar-refractivity contribution is 6.35. The Labute approximate surface area is 161 Å². The van der Waals surface area contributed by atoms with Crippen LogP contribution in [0.15, 0.2) is 12.1 Å². The molecule has 2 N–H and O–H groups in total. The first kappa shape index (κ1) is 21.1. The number of ether oxygens (including phenoxy) is 1. The van der Waals surface area contributed by atoms with Gasteiger partial charge in [-0.3, -0.25) is 19.7 Å². The topological polar surface area (TPSA) is 139 Å². The van der Waals surface area contributed by atoms with E-state index in [1.165, 1.54) is 13.2 Å². The van der Waals surface area contributed by atoms with Crippen LogP contribution in [0.2, 0.25) is 0 Å². The molecule has 0 spiro atoms. The molecule has 10 heteroatoms. The molecule has 2 amide bonds. The lowest BCUT2D eigenvalue weighted by molar-refractivity contribution is -0.385. The number of carboxylic acids is 1. The van der Waals surface area contributed by atoms with Crippen molar-refractivity contribution in [3.8, 4) is 5.75 Å². The zero-order chi connectivity index (χ0) is 21.2. The summed E-state index contributed by atoms with van der Waals surface area (Å²) in [6.45, 7) is 5.86. The lowest BCUT2D eigenvalue weighted by atomic mass is 9.91. The van der Waals surface area contributed by atoms with E-state index in [2.05, 4.69) is 5.32 Å². The number of fused-ring (bicyclic) bond motifs is 1. The molecule has 152 valence electrons. The average molecular weight is 393 g/mol. The monoisotopic (exact) mass is 393 g/mol. The number of benzene rings is 1. The molecule has 1 aliphatic heterocycles. The second-order valence-corrected chi connectivity index (χ2v) is 7.71. The number of hydrogen-bond acceptors (Lipinski definition) is 6. The van der Waals surface area contributed by atoms with Crippen molar-refractivity contribution in [2.75, 3.05) is 20.2 Å². The maximum Gasteiger partial charge on any atom is 0.331 e. The van der Waals surface area contributed by atoms with Crippen molar-refractivity contribution < 1.29 is 29.2 Å². The van der Waals surface area contributed by atoms with Crippen LogP contribution in [-0.2, 0) is 20.8 Å². The second-order valence-electron chi connectivity index (χ2n) is 7.71. The molecular weight excluding hydrogens is 370 g/mol. The number of carboxylic acid groups (broad SMARTS) is 1. The highest BCUT2D eigenvalue weighted by atomic mass is 16.6. The van der Waals surface area contributed by atoms with Gasteiger partial charge in [0.2, 0.25) is 0 Å². The van der Waals surface area contributed by atoms with E-state index in [1.807, 2.05) is 20.8 Å². The van der Waals surface area contributed by atoms with Crippen LogP contribution >= 0.6 is 0 Å². The van der Waals surface area contributed by atoms with E-state index in [9.17, 15) is 29.6 Å². The SMILES string of the molecule is COc1cc2c(cc1[N+](=O)[O-])C(C(=O)O)N(C(=O)C(=O)NCC(C)(C)C)CC2. The Bertz CT molecular complexity index is 829. The minimum atomic E-state index is -1.50. The van der Waals surface area contributed by atoms with Crippen molar-refractivity contribution in [3.05, 3.63) is 33.4 Å². The fourth-order valence-corrected chi connectivity index (χ4v) is 2.98. The minimum Gasteiger partial charge on any atom is -0.490 e. The molecule has 0 bridgehead atoms. The lowest BCUT2D eigenvalue weighted by Gasteiger charge is -2.34. The van der Waals surface area contributed by atoms with Crippen LogP contribution < -0.4 is 10.1 Å². The smallest absolute Gasteiger partial charge is 0.331 e. The van der Waals surface area contributed by atoms with Crippen LogP contribution in [-0.4, -0.2) is 52.9 Å². The lowest BCUT2D eigenvalue weighted by Crippen LogP contribution is -2.50. The molecule has 28 heavy (non-hydrogen) atoms. The Morgan fingerprint density at radius 1 is 1.36 bits per heavy atom. The summed E-state index contributed by atoms with van der Waals surface area (Å²) in [5, 5.41) is 23.5. The van der Waals surface area contributed by atoms with Crippen molar-refractivity contribution >= 4 is 23.5 Å². The number of nitro benzene ring substituents is 1. The van der Waals surface area contributed by atoms with Gasteiger partial charge in [0, 0.05) is 19.2 Å². The number of carbonyl (C=O) groups excluding carboxylic acids is 2. The van der Waals surface area contributed by atoms with E-state index in [0.717, 1.165) is 11.0 Å². The zero-order valence-corrected chi connectivity index (χ0v) is 16.1. The van der Waals surface area contributed by atoms with E-state index in [-0.39, 0.29) is 36.2 Å². The third kappa shape index (κ3) is 4.38. The van der Waals surface area contributed by atoms with Crippen molar-refractivity contribution in [2.45, 2.75) is 33.2 Å². The quantitative estimate of drug-likeness (QED) is 0.446. The summed E-state index contributed by atoms with van der Waals surface area (Å²) < 4.78 is 5.01. The molecule has 0 aliphatic carbocycles. The summed E-state index contributed by atoms with van der Waals surface area (Å²) in [5.74, 6) is -3.26. The predicted octanol–water partition coefficient (Wildman–Crippen LogP) is 1.28. The first-order valence-corrected chi connectivity index (χ1v) is 8.63.